The van der Waals surface area contributed by atoms with Gasteiger partial charge in [0.15, 0.2) is 0 Å². The van der Waals surface area contributed by atoms with E-state index in [4.69, 9.17) is 5.73 Å². The molecular weight excluding hydrogens is 248 g/mol. The number of nitrogens with two attached hydrogens (primary N) is 1. The van der Waals surface area contributed by atoms with E-state index in [9.17, 15) is 8.42 Å². The third-order valence-corrected chi connectivity index (χ3v) is 4.94. The van der Waals surface area contributed by atoms with Crippen molar-refractivity contribution in [2.45, 2.75) is 52.5 Å². The largest absolute Gasteiger partial charge is 0.328 e. The first kappa shape index (κ1) is 15.9. The molecule has 4 nitrogen and oxygen atoms in total. The molecule has 1 aliphatic rings. The summed E-state index contributed by atoms with van der Waals surface area (Å²) in [4.78, 5) is 0. The van der Waals surface area contributed by atoms with Gasteiger partial charge in [0.25, 0.3) is 0 Å². The van der Waals surface area contributed by atoms with E-state index in [2.05, 4.69) is 13.8 Å². The highest BCUT2D eigenvalue weighted by Gasteiger charge is 2.30. The molecule has 0 saturated carbocycles. The van der Waals surface area contributed by atoms with Gasteiger partial charge >= 0.3 is 0 Å². The van der Waals surface area contributed by atoms with Gasteiger partial charge in [-0.15, -0.1) is 0 Å². The van der Waals surface area contributed by atoms with Crippen LogP contribution in [0.2, 0.25) is 0 Å². The molecule has 0 amide bonds. The van der Waals surface area contributed by atoms with Crippen molar-refractivity contribution in [3.63, 3.8) is 0 Å². The maximum absolute atomic E-state index is 11.6. The van der Waals surface area contributed by atoms with Crippen LogP contribution in [0.5, 0.6) is 0 Å². The van der Waals surface area contributed by atoms with E-state index in [1.54, 1.807) is 4.31 Å². The normalized spacial score (nSPS) is 25.1. The zero-order valence-corrected chi connectivity index (χ0v) is 13.0. The molecule has 0 aromatic heterocycles. The number of sulfonamides is 1. The van der Waals surface area contributed by atoms with Crippen LogP contribution >= 0.6 is 0 Å². The van der Waals surface area contributed by atoms with E-state index < -0.39 is 10.0 Å². The van der Waals surface area contributed by atoms with Gasteiger partial charge in [0.2, 0.25) is 10.0 Å². The molecule has 108 valence electrons. The number of piperidine rings is 1. The van der Waals surface area contributed by atoms with Crippen LogP contribution in [-0.4, -0.2) is 38.1 Å². The lowest BCUT2D eigenvalue weighted by atomic mass is 9.76. The summed E-state index contributed by atoms with van der Waals surface area (Å²) >= 11 is 0. The summed E-state index contributed by atoms with van der Waals surface area (Å²) < 4.78 is 24.8. The maximum atomic E-state index is 11.6. The van der Waals surface area contributed by atoms with Gasteiger partial charge in [0, 0.05) is 19.1 Å². The average molecular weight is 276 g/mol. The predicted molar refractivity (Wildman–Crippen MR) is 75.8 cm³/mol. The number of nitrogens with zero attached hydrogens (tertiary/aromatic N) is 1. The van der Waals surface area contributed by atoms with Crippen molar-refractivity contribution in [2.24, 2.45) is 17.1 Å². The van der Waals surface area contributed by atoms with E-state index >= 15 is 0 Å². The molecule has 0 spiro atoms. The van der Waals surface area contributed by atoms with Gasteiger partial charge in [-0.1, -0.05) is 13.8 Å². The van der Waals surface area contributed by atoms with Gasteiger partial charge in [-0.2, -0.15) is 0 Å². The summed E-state index contributed by atoms with van der Waals surface area (Å²) in [5.41, 5.74) is 6.07. The highest BCUT2D eigenvalue weighted by atomic mass is 32.2. The Labute approximate surface area is 112 Å². The molecule has 5 heteroatoms. The third-order valence-electron chi connectivity index (χ3n) is 3.67. The minimum atomic E-state index is -3.03. The molecule has 0 radical (unpaired) electrons. The Morgan fingerprint density at radius 3 is 2.56 bits per heavy atom. The van der Waals surface area contributed by atoms with E-state index in [0.29, 0.717) is 19.0 Å². The van der Waals surface area contributed by atoms with Crippen molar-refractivity contribution in [1.82, 2.24) is 4.31 Å². The third kappa shape index (κ3) is 5.24. The van der Waals surface area contributed by atoms with E-state index in [0.717, 1.165) is 25.7 Å². The molecule has 0 aromatic rings. The van der Waals surface area contributed by atoms with Crippen LogP contribution in [0.4, 0.5) is 0 Å². The Bertz CT molecular complexity index is 363. The topological polar surface area (TPSA) is 63.4 Å². The molecule has 1 fully saturated rings. The van der Waals surface area contributed by atoms with E-state index in [-0.39, 0.29) is 11.5 Å². The van der Waals surface area contributed by atoms with Crippen molar-refractivity contribution >= 4 is 10.0 Å². The molecule has 1 aliphatic heterocycles. The van der Waals surface area contributed by atoms with Crippen molar-refractivity contribution in [3.8, 4) is 0 Å². The summed E-state index contributed by atoms with van der Waals surface area (Å²) in [7, 11) is -3.03. The molecule has 18 heavy (non-hydrogen) atoms. The van der Waals surface area contributed by atoms with Crippen LogP contribution in [-0.2, 0) is 10.0 Å². The fraction of sp³-hybridized carbons (Fsp3) is 1.00. The molecule has 2 atom stereocenters. The lowest BCUT2D eigenvalue weighted by molar-refractivity contribution is 0.176. The number of hydrogen-bond donors (Lipinski definition) is 1. The van der Waals surface area contributed by atoms with Crippen molar-refractivity contribution in [1.29, 1.82) is 0 Å². The smallest absolute Gasteiger partial charge is 0.211 e. The highest BCUT2D eigenvalue weighted by Crippen LogP contribution is 2.34. The first-order valence-electron chi connectivity index (χ1n) is 6.81. The van der Waals surface area contributed by atoms with Crippen LogP contribution in [0.25, 0.3) is 0 Å². The zero-order valence-electron chi connectivity index (χ0n) is 12.1. The second-order valence-electron chi connectivity index (χ2n) is 6.68. The molecule has 0 aromatic carbocycles. The molecule has 2 unspecified atom stereocenters. The van der Waals surface area contributed by atoms with Gasteiger partial charge in [-0.3, -0.25) is 0 Å². The molecule has 2 N–H and O–H groups in total. The Kier molecular flexibility index (Phi) is 5.21. The lowest BCUT2D eigenvalue weighted by Crippen LogP contribution is -2.40. The summed E-state index contributed by atoms with van der Waals surface area (Å²) in [6.45, 7) is 7.86. The van der Waals surface area contributed by atoms with Gasteiger partial charge in [0.1, 0.15) is 0 Å². The fourth-order valence-electron chi connectivity index (χ4n) is 3.23. The molecule has 1 rings (SSSR count). The molecule has 0 aliphatic carbocycles. The van der Waals surface area contributed by atoms with Crippen molar-refractivity contribution in [3.05, 3.63) is 0 Å². The van der Waals surface area contributed by atoms with Gasteiger partial charge in [-0.05, 0) is 43.9 Å². The van der Waals surface area contributed by atoms with Crippen molar-refractivity contribution < 1.29 is 8.42 Å². The quantitative estimate of drug-likeness (QED) is 0.833. The minimum Gasteiger partial charge on any atom is -0.328 e. The van der Waals surface area contributed by atoms with Gasteiger partial charge in [0.05, 0.1) is 6.26 Å². The first-order chi connectivity index (χ1) is 8.10. The minimum absolute atomic E-state index is 0.194. The van der Waals surface area contributed by atoms with Crippen LogP contribution < -0.4 is 5.73 Å². The average Bonchev–Trinajstić information content (AvgIpc) is 2.13. The summed E-state index contributed by atoms with van der Waals surface area (Å²) in [6.07, 6.45) is 5.46. The number of rotatable bonds is 5. The van der Waals surface area contributed by atoms with Gasteiger partial charge in [-0.25, -0.2) is 12.7 Å². The van der Waals surface area contributed by atoms with Crippen molar-refractivity contribution in [2.75, 3.05) is 19.3 Å². The molecule has 1 heterocycles. The van der Waals surface area contributed by atoms with Crippen LogP contribution in [0.1, 0.15) is 46.5 Å². The predicted octanol–water partition coefficient (Wildman–Crippen LogP) is 1.81. The maximum Gasteiger partial charge on any atom is 0.211 e. The Balaban J connectivity index is 2.57. The van der Waals surface area contributed by atoms with E-state index in [1.807, 2.05) is 6.92 Å². The first-order valence-corrected chi connectivity index (χ1v) is 8.66. The second-order valence-corrected chi connectivity index (χ2v) is 8.66. The Morgan fingerprint density at radius 1 is 1.44 bits per heavy atom. The monoisotopic (exact) mass is 276 g/mol. The van der Waals surface area contributed by atoms with Crippen LogP contribution in [0, 0.1) is 11.3 Å². The fourth-order valence-corrected chi connectivity index (χ4v) is 4.17. The van der Waals surface area contributed by atoms with Crippen LogP contribution in [0.15, 0.2) is 0 Å². The molecule has 0 bridgehead atoms. The van der Waals surface area contributed by atoms with E-state index in [1.165, 1.54) is 6.26 Å². The standard InChI is InChI=1S/C13H28N2O2S/c1-11(14)8-13(2,3)9-12-6-5-7-15(10-12)18(4,16)17/h11-12H,5-10,14H2,1-4H3. The van der Waals surface area contributed by atoms with Gasteiger partial charge < -0.3 is 5.73 Å². The van der Waals surface area contributed by atoms with Crippen LogP contribution in [0.3, 0.4) is 0 Å². The SMILES string of the molecule is CC(N)CC(C)(C)CC1CCCN(S(C)(=O)=O)C1. The molecule has 1 saturated heterocycles. The Hall–Kier alpha value is -0.130. The number of hydrogen-bond acceptors (Lipinski definition) is 3. The lowest BCUT2D eigenvalue weighted by Gasteiger charge is -2.36. The summed E-state index contributed by atoms with van der Waals surface area (Å²) in [5.74, 6) is 0.474. The second kappa shape index (κ2) is 5.88. The highest BCUT2D eigenvalue weighted by molar-refractivity contribution is 7.88. The summed E-state index contributed by atoms with van der Waals surface area (Å²) in [6, 6.07) is 0.203. The summed E-state index contributed by atoms with van der Waals surface area (Å²) in [5, 5.41) is 0. The Morgan fingerprint density at radius 2 is 2.06 bits per heavy atom. The molecular formula is C13H28N2O2S. The zero-order chi connectivity index (χ0) is 14.0.